The van der Waals surface area contributed by atoms with Crippen LogP contribution in [0.4, 0.5) is 0 Å². The van der Waals surface area contributed by atoms with Gasteiger partial charge in [0.15, 0.2) is 0 Å². The van der Waals surface area contributed by atoms with E-state index in [0.29, 0.717) is 26.0 Å². The monoisotopic (exact) mass is 326 g/mol. The van der Waals surface area contributed by atoms with E-state index in [0.717, 1.165) is 17.6 Å². The summed E-state index contributed by atoms with van der Waals surface area (Å²) in [5.41, 5.74) is 1.04. The number of fused-ring (bicyclic) bond motifs is 1. The molecular formula is C15H22N2O4S. The first-order valence-corrected chi connectivity index (χ1v) is 9.12. The molecule has 6 nitrogen and oxygen atoms in total. The predicted molar refractivity (Wildman–Crippen MR) is 84.2 cm³/mol. The number of hydrogen-bond donors (Lipinski definition) is 1. The van der Waals surface area contributed by atoms with E-state index in [4.69, 9.17) is 4.74 Å². The van der Waals surface area contributed by atoms with Gasteiger partial charge in [0.1, 0.15) is 5.75 Å². The zero-order chi connectivity index (χ0) is 16.2. The van der Waals surface area contributed by atoms with Crippen molar-refractivity contribution < 1.29 is 17.9 Å². The predicted octanol–water partition coefficient (Wildman–Crippen LogP) is 0.635. The van der Waals surface area contributed by atoms with E-state index in [2.05, 4.69) is 5.32 Å². The second-order valence-electron chi connectivity index (χ2n) is 5.52. The quantitative estimate of drug-likeness (QED) is 0.861. The molecule has 1 amide bonds. The van der Waals surface area contributed by atoms with Gasteiger partial charge in [0.25, 0.3) is 0 Å². The molecule has 22 heavy (non-hydrogen) atoms. The van der Waals surface area contributed by atoms with Crippen LogP contribution in [0, 0.1) is 5.92 Å². The second-order valence-corrected chi connectivity index (χ2v) is 7.61. The van der Waals surface area contributed by atoms with Gasteiger partial charge in [-0.15, -0.1) is 0 Å². The van der Waals surface area contributed by atoms with E-state index >= 15 is 0 Å². The average Bonchev–Trinajstić information content (AvgIpc) is 2.68. The Morgan fingerprint density at radius 2 is 2.14 bits per heavy atom. The van der Waals surface area contributed by atoms with Crippen molar-refractivity contribution in [1.29, 1.82) is 0 Å². The van der Waals surface area contributed by atoms with Gasteiger partial charge in [-0.2, -0.15) is 0 Å². The molecule has 7 heteroatoms. The Morgan fingerprint density at radius 1 is 1.41 bits per heavy atom. The highest BCUT2D eigenvalue weighted by Gasteiger charge is 2.23. The van der Waals surface area contributed by atoms with Gasteiger partial charge in [0, 0.05) is 26.1 Å². The van der Waals surface area contributed by atoms with Gasteiger partial charge in [-0.05, 0) is 24.5 Å². The number of likely N-dealkylation sites (N-methyl/N-ethyl adjacent to an activating group) is 1. The fourth-order valence-corrected chi connectivity index (χ4v) is 2.79. The van der Waals surface area contributed by atoms with Gasteiger partial charge < -0.3 is 10.1 Å². The first-order chi connectivity index (χ1) is 10.4. The Labute approximate surface area is 131 Å². The average molecular weight is 326 g/mol. The van der Waals surface area contributed by atoms with E-state index in [1.807, 2.05) is 24.3 Å². The van der Waals surface area contributed by atoms with Crippen LogP contribution in [0.25, 0.3) is 0 Å². The molecule has 0 spiro atoms. The lowest BCUT2D eigenvalue weighted by Crippen LogP contribution is -2.38. The molecule has 1 unspecified atom stereocenters. The summed E-state index contributed by atoms with van der Waals surface area (Å²) in [6, 6.07) is 7.73. The molecule has 0 saturated heterocycles. The van der Waals surface area contributed by atoms with Crippen molar-refractivity contribution in [3.63, 3.8) is 0 Å². The third-order valence-electron chi connectivity index (χ3n) is 3.83. The van der Waals surface area contributed by atoms with Crippen LogP contribution in [-0.2, 0) is 21.2 Å². The second kappa shape index (κ2) is 7.11. The maximum absolute atomic E-state index is 12.3. The van der Waals surface area contributed by atoms with Crippen LogP contribution in [0.1, 0.15) is 12.0 Å². The molecule has 1 atom stereocenters. The topological polar surface area (TPSA) is 75.7 Å². The SMILES string of the molecule is CN(CCNC(=O)C1CCOc2ccccc2C1)S(C)(=O)=O. The van der Waals surface area contributed by atoms with Crippen LogP contribution in [0.3, 0.4) is 0 Å². The summed E-state index contributed by atoms with van der Waals surface area (Å²) < 4.78 is 29.4. The summed E-state index contributed by atoms with van der Waals surface area (Å²) in [5.74, 6) is 0.643. The lowest BCUT2D eigenvalue weighted by atomic mass is 9.96. The molecule has 0 saturated carbocycles. The van der Waals surface area contributed by atoms with Crippen molar-refractivity contribution in [2.75, 3.05) is 33.0 Å². The number of carbonyl (C=O) groups is 1. The zero-order valence-electron chi connectivity index (χ0n) is 12.9. The Hall–Kier alpha value is -1.60. The first kappa shape index (κ1) is 16.8. The number of carbonyl (C=O) groups excluding carboxylic acids is 1. The maximum Gasteiger partial charge on any atom is 0.223 e. The molecule has 1 aromatic carbocycles. The number of para-hydroxylation sites is 1. The molecule has 122 valence electrons. The lowest BCUT2D eigenvalue weighted by molar-refractivity contribution is -0.125. The molecule has 1 aliphatic heterocycles. The van der Waals surface area contributed by atoms with Crippen LogP contribution >= 0.6 is 0 Å². The Bertz CT molecular complexity index is 630. The van der Waals surface area contributed by atoms with E-state index in [-0.39, 0.29) is 18.4 Å². The molecule has 1 N–H and O–H groups in total. The molecule has 0 aliphatic carbocycles. The molecule has 0 bridgehead atoms. The smallest absolute Gasteiger partial charge is 0.223 e. The number of rotatable bonds is 5. The van der Waals surface area contributed by atoms with Gasteiger partial charge in [-0.1, -0.05) is 18.2 Å². The van der Waals surface area contributed by atoms with Crippen LogP contribution in [-0.4, -0.2) is 51.6 Å². The largest absolute Gasteiger partial charge is 0.493 e. The van der Waals surface area contributed by atoms with Crippen LogP contribution in [0.5, 0.6) is 5.75 Å². The minimum atomic E-state index is -3.21. The Balaban J connectivity index is 1.88. The number of nitrogens with zero attached hydrogens (tertiary/aromatic N) is 1. The molecular weight excluding hydrogens is 304 g/mol. The number of nitrogens with one attached hydrogen (secondary N) is 1. The van der Waals surface area contributed by atoms with Crippen molar-refractivity contribution in [3.05, 3.63) is 29.8 Å². The Kier molecular flexibility index (Phi) is 5.42. The number of sulfonamides is 1. The maximum atomic E-state index is 12.3. The normalized spacial score (nSPS) is 18.2. The molecule has 2 rings (SSSR count). The molecule has 1 aromatic rings. The van der Waals surface area contributed by atoms with Crippen LogP contribution < -0.4 is 10.1 Å². The number of ether oxygens (including phenoxy) is 1. The number of hydrogen-bond acceptors (Lipinski definition) is 4. The van der Waals surface area contributed by atoms with Gasteiger partial charge in [0.05, 0.1) is 12.9 Å². The van der Waals surface area contributed by atoms with Crippen molar-refractivity contribution in [2.45, 2.75) is 12.8 Å². The fourth-order valence-electron chi connectivity index (χ4n) is 2.36. The summed E-state index contributed by atoms with van der Waals surface area (Å²) in [6.07, 6.45) is 2.45. The minimum absolute atomic E-state index is 0.0535. The van der Waals surface area contributed by atoms with Crippen molar-refractivity contribution in [1.82, 2.24) is 9.62 Å². The summed E-state index contributed by atoms with van der Waals surface area (Å²) >= 11 is 0. The molecule has 0 radical (unpaired) electrons. The first-order valence-electron chi connectivity index (χ1n) is 7.27. The Morgan fingerprint density at radius 3 is 2.86 bits per heavy atom. The fraction of sp³-hybridized carbons (Fsp3) is 0.533. The van der Waals surface area contributed by atoms with Crippen molar-refractivity contribution >= 4 is 15.9 Å². The molecule has 1 heterocycles. The molecule has 1 aliphatic rings. The highest BCUT2D eigenvalue weighted by Crippen LogP contribution is 2.26. The summed E-state index contributed by atoms with van der Waals surface area (Å²) in [7, 11) is -1.71. The van der Waals surface area contributed by atoms with E-state index in [9.17, 15) is 13.2 Å². The summed E-state index contributed by atoms with van der Waals surface area (Å²) in [5, 5.41) is 2.81. The van der Waals surface area contributed by atoms with Gasteiger partial charge in [-0.25, -0.2) is 12.7 Å². The molecule has 0 fully saturated rings. The van der Waals surface area contributed by atoms with Gasteiger partial charge in [-0.3, -0.25) is 4.79 Å². The highest BCUT2D eigenvalue weighted by molar-refractivity contribution is 7.88. The van der Waals surface area contributed by atoms with Crippen molar-refractivity contribution in [2.24, 2.45) is 5.92 Å². The minimum Gasteiger partial charge on any atom is -0.493 e. The van der Waals surface area contributed by atoms with E-state index in [1.54, 1.807) is 0 Å². The third-order valence-corrected chi connectivity index (χ3v) is 5.14. The number of benzene rings is 1. The van der Waals surface area contributed by atoms with Crippen LogP contribution in [0.2, 0.25) is 0 Å². The number of amides is 1. The summed E-state index contributed by atoms with van der Waals surface area (Å²) in [4.78, 5) is 12.3. The van der Waals surface area contributed by atoms with Crippen molar-refractivity contribution in [3.8, 4) is 5.75 Å². The zero-order valence-corrected chi connectivity index (χ0v) is 13.7. The third kappa shape index (κ3) is 4.45. The van der Waals surface area contributed by atoms with Crippen LogP contribution in [0.15, 0.2) is 24.3 Å². The van der Waals surface area contributed by atoms with Gasteiger partial charge in [0.2, 0.25) is 15.9 Å². The van der Waals surface area contributed by atoms with Gasteiger partial charge >= 0.3 is 0 Å². The van der Waals surface area contributed by atoms with E-state index in [1.165, 1.54) is 11.4 Å². The highest BCUT2D eigenvalue weighted by atomic mass is 32.2. The standard InChI is InChI=1S/C15H22N2O4S/c1-17(22(2,19)20)9-8-16-15(18)13-7-10-21-14-6-4-3-5-12(14)11-13/h3-6,13H,7-11H2,1-2H3,(H,16,18). The summed E-state index contributed by atoms with van der Waals surface area (Å²) in [6.45, 7) is 1.09. The molecule has 0 aromatic heterocycles. The lowest BCUT2D eigenvalue weighted by Gasteiger charge is -2.17. The van der Waals surface area contributed by atoms with E-state index < -0.39 is 10.0 Å².